The predicted molar refractivity (Wildman–Crippen MR) is 288 cm³/mol. The van der Waals surface area contributed by atoms with E-state index in [0.717, 1.165) is 84.5 Å². The van der Waals surface area contributed by atoms with Crippen molar-refractivity contribution in [2.45, 2.75) is 110 Å². The number of Topliss-reactive ketones (excluding diaryl/α,β-unsaturated/α-hetero) is 2. The number of carboxylic acids is 1. The molecule has 378 valence electrons. The smallest absolute Gasteiger partial charge is 0.335 e. The summed E-state index contributed by atoms with van der Waals surface area (Å²) in [6.45, 7) is 24.2. The van der Waals surface area contributed by atoms with E-state index >= 15 is 0 Å². The van der Waals surface area contributed by atoms with Crippen LogP contribution >= 0.6 is 0 Å². The quantitative estimate of drug-likeness (QED) is 0.0581. The Labute approximate surface area is 432 Å². The number of carbonyl (C=O) groups excluding carboxylic acids is 2. The van der Waals surface area contributed by atoms with Gasteiger partial charge in [0.05, 0.1) is 38.7 Å². The summed E-state index contributed by atoms with van der Waals surface area (Å²) in [6.07, 6.45) is 7.27. The molecule has 0 spiro atoms. The molecule has 4 N–H and O–H groups in total. The summed E-state index contributed by atoms with van der Waals surface area (Å²) in [5.41, 5.74) is 15.8. The zero-order chi connectivity index (χ0) is 53.4. The normalized spacial score (nSPS) is 23.1. The van der Waals surface area contributed by atoms with Crippen LogP contribution in [-0.4, -0.2) is 86.4 Å². The molecule has 4 aromatic carbocycles. The molecular formula is C62H64N4O8+2. The molecule has 4 aromatic rings. The van der Waals surface area contributed by atoms with Crippen LogP contribution in [0.1, 0.15) is 125 Å². The highest BCUT2D eigenvalue weighted by Crippen LogP contribution is 2.60. The number of hydrogen-bond donors (Lipinski definition) is 4. The molecular weight excluding hydrogens is 929 g/mol. The summed E-state index contributed by atoms with van der Waals surface area (Å²) in [5, 5.41) is 42.1. The first-order valence-corrected chi connectivity index (χ1v) is 25.4. The van der Waals surface area contributed by atoms with Crippen molar-refractivity contribution >= 4 is 51.7 Å². The van der Waals surface area contributed by atoms with Gasteiger partial charge in [-0.1, -0.05) is 41.5 Å². The van der Waals surface area contributed by atoms with E-state index in [9.17, 15) is 29.7 Å². The molecule has 0 atom stereocenters. The monoisotopic (exact) mass is 992 g/mol. The van der Waals surface area contributed by atoms with Crippen molar-refractivity contribution < 1.29 is 49.0 Å². The average molecular weight is 993 g/mol. The molecule has 0 amide bonds. The van der Waals surface area contributed by atoms with Crippen molar-refractivity contribution in [2.24, 2.45) is 0 Å². The topological polar surface area (TPSA) is 154 Å². The van der Waals surface area contributed by atoms with Crippen LogP contribution in [0, 0.1) is 0 Å². The summed E-state index contributed by atoms with van der Waals surface area (Å²) >= 11 is 0. The number of hydrogen-bond acceptors (Lipinski definition) is 9. The van der Waals surface area contributed by atoms with Crippen molar-refractivity contribution in [3.8, 4) is 11.1 Å². The van der Waals surface area contributed by atoms with Crippen LogP contribution in [0.25, 0.3) is 11.1 Å². The predicted octanol–water partition coefficient (Wildman–Crippen LogP) is 11.3. The summed E-state index contributed by atoms with van der Waals surface area (Å²) in [7, 11) is 5.87. The van der Waals surface area contributed by atoms with Crippen LogP contribution in [0.4, 0.5) is 22.7 Å². The Morgan fingerprint density at radius 2 is 1.07 bits per heavy atom. The van der Waals surface area contributed by atoms with Gasteiger partial charge >= 0.3 is 5.97 Å². The Morgan fingerprint density at radius 3 is 1.57 bits per heavy atom. The summed E-state index contributed by atoms with van der Waals surface area (Å²) in [6, 6.07) is 20.2. The number of aliphatic hydroxyl groups excluding tert-OH is 2. The van der Waals surface area contributed by atoms with Gasteiger partial charge in [-0.05, 0) is 134 Å². The highest BCUT2D eigenvalue weighted by atomic mass is 17.1. The summed E-state index contributed by atoms with van der Waals surface area (Å²) in [4.78, 5) is 48.8. The molecule has 0 saturated carbocycles. The van der Waals surface area contributed by atoms with Crippen molar-refractivity contribution in [1.82, 2.24) is 0 Å². The first kappa shape index (κ1) is 48.8. The van der Waals surface area contributed by atoms with Crippen molar-refractivity contribution in [3.05, 3.63) is 175 Å². The second kappa shape index (κ2) is 15.6. The molecule has 74 heavy (non-hydrogen) atoms. The Balaban J connectivity index is 0.913. The largest absolute Gasteiger partial charge is 0.506 e. The van der Waals surface area contributed by atoms with E-state index in [1.165, 1.54) is 11.1 Å². The lowest BCUT2D eigenvalue weighted by Crippen LogP contribution is -2.31. The fraction of sp³-hybridized carbons (Fsp3) is 0.339. The second-order valence-corrected chi connectivity index (χ2v) is 23.7. The first-order valence-electron chi connectivity index (χ1n) is 25.4. The molecule has 11 rings (SSSR count). The second-order valence-electron chi connectivity index (χ2n) is 23.7. The van der Waals surface area contributed by atoms with Crippen LogP contribution in [-0.2, 0) is 48.2 Å². The molecule has 12 nitrogen and oxygen atoms in total. The van der Waals surface area contributed by atoms with Gasteiger partial charge in [0, 0.05) is 88.0 Å². The number of aromatic carboxylic acids is 1. The van der Waals surface area contributed by atoms with Gasteiger partial charge in [0.2, 0.25) is 22.9 Å². The fourth-order valence-electron chi connectivity index (χ4n) is 13.4. The SMILES string of the molecule is CCN1C(=CC2=C(O)C(=CC3=[N+](C)c4ccc(COO)cc4C3(C)C)C2=O)C(C)(C)c2cc3c(cc21)C(C)(C)c1cc2c(cc1-3)C(C)(C)C(=CC1=C(O)C(=CC3=[N+](C)c4ccc(C(=O)O)cc4C3(C)C)C1=O)N2C. The number of nitrogens with zero attached hydrogens (tertiary/aromatic N) is 4. The molecule has 3 aliphatic carbocycles. The zero-order valence-corrected chi connectivity index (χ0v) is 44.7. The minimum absolute atomic E-state index is 0.0184. The van der Waals surface area contributed by atoms with E-state index in [2.05, 4.69) is 101 Å². The summed E-state index contributed by atoms with van der Waals surface area (Å²) in [5.74, 6) is -1.54. The van der Waals surface area contributed by atoms with Gasteiger partial charge in [0.25, 0.3) is 0 Å². The van der Waals surface area contributed by atoms with Crippen LogP contribution in [0.2, 0.25) is 0 Å². The number of fused-ring (bicyclic) bond motifs is 7. The van der Waals surface area contributed by atoms with Crippen molar-refractivity contribution in [1.29, 1.82) is 0 Å². The van der Waals surface area contributed by atoms with Crippen LogP contribution < -0.4 is 9.80 Å². The van der Waals surface area contributed by atoms with Crippen molar-refractivity contribution in [3.63, 3.8) is 0 Å². The molecule has 7 aliphatic rings. The number of carbonyl (C=O) groups is 3. The molecule has 0 aromatic heterocycles. The molecule has 4 aliphatic heterocycles. The van der Waals surface area contributed by atoms with Gasteiger partial charge in [-0.2, -0.15) is 9.15 Å². The molecule has 0 unspecified atom stereocenters. The highest BCUT2D eigenvalue weighted by molar-refractivity contribution is 6.25. The molecule has 12 heteroatoms. The fourth-order valence-corrected chi connectivity index (χ4v) is 13.4. The lowest BCUT2D eigenvalue weighted by molar-refractivity contribution is -0.401. The Morgan fingerprint density at radius 1 is 0.595 bits per heavy atom. The molecule has 4 heterocycles. The Bertz CT molecular complexity index is 3650. The number of allylic oxidation sites excluding steroid dienone is 10. The molecule has 0 bridgehead atoms. The first-order chi connectivity index (χ1) is 34.6. The average Bonchev–Trinajstić information content (AvgIpc) is 3.93. The zero-order valence-electron chi connectivity index (χ0n) is 44.7. The number of anilines is 2. The van der Waals surface area contributed by atoms with Gasteiger partial charge in [-0.15, -0.1) is 0 Å². The molecule has 0 radical (unpaired) electrons. The van der Waals surface area contributed by atoms with Gasteiger partial charge in [0.1, 0.15) is 32.2 Å². The third-order valence-corrected chi connectivity index (χ3v) is 17.9. The minimum atomic E-state index is -1.00. The van der Waals surface area contributed by atoms with E-state index in [1.54, 1.807) is 24.3 Å². The van der Waals surface area contributed by atoms with E-state index < -0.39 is 27.6 Å². The maximum Gasteiger partial charge on any atom is 0.335 e. The van der Waals surface area contributed by atoms with Crippen LogP contribution in [0.3, 0.4) is 0 Å². The van der Waals surface area contributed by atoms with Crippen molar-refractivity contribution in [2.75, 3.05) is 37.5 Å². The Kier molecular flexibility index (Phi) is 10.3. The molecule has 0 fully saturated rings. The number of rotatable bonds is 8. The van der Waals surface area contributed by atoms with E-state index in [-0.39, 0.29) is 57.4 Å². The Hall–Kier alpha value is -7.41. The maximum atomic E-state index is 14.1. The van der Waals surface area contributed by atoms with Gasteiger partial charge in [-0.25, -0.2) is 9.68 Å². The maximum absolute atomic E-state index is 14.1. The number of likely N-dealkylation sites (N-methyl/N-ethyl adjacent to an activating group) is 2. The highest BCUT2D eigenvalue weighted by Gasteiger charge is 2.51. The lowest BCUT2D eigenvalue weighted by Gasteiger charge is -2.28. The van der Waals surface area contributed by atoms with Gasteiger partial charge < -0.3 is 25.1 Å². The van der Waals surface area contributed by atoms with Gasteiger partial charge in [-0.3, -0.25) is 14.8 Å². The number of carboxylic acid groups (broad SMARTS) is 1. The number of ketones is 2. The van der Waals surface area contributed by atoms with E-state index in [1.807, 2.05) is 80.6 Å². The van der Waals surface area contributed by atoms with Crippen LogP contribution in [0.15, 0.2) is 130 Å². The number of benzene rings is 4. The standard InChI is InChI=1S/C62H62N4O8/c1-15-66-48-29-40-34(23-44(48)62(10,11)52(66)27-38-55(69)36(56(38)70)24-49-59(4,5)41-20-31(30-74-73)16-18-45(41)63(49)12)33-22-43-47(28-39(33)58(40,2)3)65(14)51(61(43,8)9)26-37-53(67)35(54(37)68)25-50-60(6,7)42-21-32(57(71)72)17-19-46(42)64(50)13/h16-29H,15,30H2,1-14H3,(H2-2,67,68,69,70,71,72,73)/p+2. The van der Waals surface area contributed by atoms with Gasteiger partial charge in [0.15, 0.2) is 11.4 Å². The van der Waals surface area contributed by atoms with Crippen LogP contribution in [0.5, 0.6) is 0 Å². The lowest BCUT2D eigenvalue weighted by atomic mass is 9.77. The van der Waals surface area contributed by atoms with E-state index in [4.69, 9.17) is 5.26 Å². The van der Waals surface area contributed by atoms with E-state index in [0.29, 0.717) is 12.1 Å². The third kappa shape index (κ3) is 6.30. The number of aliphatic hydroxyl groups is 2. The minimum Gasteiger partial charge on any atom is -0.506 e. The third-order valence-electron chi connectivity index (χ3n) is 17.9. The summed E-state index contributed by atoms with van der Waals surface area (Å²) < 4.78 is 4.01. The molecule has 0 saturated heterocycles.